The second kappa shape index (κ2) is 6.90. The number of carbonyl (C=O) groups is 1. The fraction of sp³-hybridized carbons (Fsp3) is 0.417. The Bertz CT molecular complexity index is 399. The van der Waals surface area contributed by atoms with Gasteiger partial charge in [0.15, 0.2) is 0 Å². The van der Waals surface area contributed by atoms with Gasteiger partial charge in [0.1, 0.15) is 12.4 Å². The Labute approximate surface area is 104 Å². The molecule has 0 aliphatic heterocycles. The second-order valence-electron chi connectivity index (χ2n) is 3.67. The van der Waals surface area contributed by atoms with Crippen LogP contribution in [-0.4, -0.2) is 26.2 Å². The lowest BCUT2D eigenvalue weighted by Crippen LogP contribution is -2.29. The number of methoxy groups -OCH3 is 1. The summed E-state index contributed by atoms with van der Waals surface area (Å²) in [6.45, 7) is -1.16. The number of nitrogens with one attached hydrogen (secondary N) is 1. The molecule has 0 spiro atoms. The molecule has 100 valence electrons. The SMILES string of the molecule is COCC(=O)NC(C)c1cccc(OC(F)F)c1. The van der Waals surface area contributed by atoms with Crippen LogP contribution in [0.2, 0.25) is 0 Å². The molecule has 6 heteroatoms. The van der Waals surface area contributed by atoms with Crippen LogP contribution in [0.4, 0.5) is 8.78 Å². The van der Waals surface area contributed by atoms with Crippen LogP contribution in [0.3, 0.4) is 0 Å². The van der Waals surface area contributed by atoms with Gasteiger partial charge < -0.3 is 14.8 Å². The van der Waals surface area contributed by atoms with Gasteiger partial charge in [-0.2, -0.15) is 8.78 Å². The van der Waals surface area contributed by atoms with Crippen LogP contribution >= 0.6 is 0 Å². The van der Waals surface area contributed by atoms with E-state index in [1.54, 1.807) is 19.1 Å². The molecule has 1 unspecified atom stereocenters. The van der Waals surface area contributed by atoms with E-state index in [1.807, 2.05) is 0 Å². The highest BCUT2D eigenvalue weighted by molar-refractivity contribution is 5.77. The third-order valence-corrected chi connectivity index (χ3v) is 2.24. The van der Waals surface area contributed by atoms with Crippen molar-refractivity contribution >= 4 is 5.91 Å². The fourth-order valence-electron chi connectivity index (χ4n) is 1.46. The van der Waals surface area contributed by atoms with Crippen LogP contribution in [-0.2, 0) is 9.53 Å². The monoisotopic (exact) mass is 259 g/mol. The Hall–Kier alpha value is -1.69. The van der Waals surface area contributed by atoms with Gasteiger partial charge in [-0.05, 0) is 24.6 Å². The Morgan fingerprint density at radius 2 is 2.17 bits per heavy atom. The molecular formula is C12H15F2NO3. The molecule has 0 aliphatic carbocycles. The molecule has 0 heterocycles. The quantitative estimate of drug-likeness (QED) is 0.851. The number of rotatable bonds is 6. The van der Waals surface area contributed by atoms with Crippen molar-refractivity contribution in [2.75, 3.05) is 13.7 Å². The number of halogens is 2. The molecule has 0 aromatic heterocycles. The molecule has 0 saturated heterocycles. The van der Waals surface area contributed by atoms with Crippen molar-refractivity contribution in [1.82, 2.24) is 5.32 Å². The average molecular weight is 259 g/mol. The molecule has 1 aromatic rings. The molecule has 0 saturated carbocycles. The van der Waals surface area contributed by atoms with Gasteiger partial charge >= 0.3 is 6.61 Å². The Morgan fingerprint density at radius 1 is 1.44 bits per heavy atom. The summed E-state index contributed by atoms with van der Waals surface area (Å²) in [5, 5.41) is 2.67. The van der Waals surface area contributed by atoms with Gasteiger partial charge in [0.05, 0.1) is 6.04 Å². The zero-order valence-corrected chi connectivity index (χ0v) is 10.2. The maximum absolute atomic E-state index is 12.1. The lowest BCUT2D eigenvalue weighted by molar-refractivity contribution is -0.125. The van der Waals surface area contributed by atoms with E-state index in [0.29, 0.717) is 5.56 Å². The minimum atomic E-state index is -2.86. The number of amides is 1. The van der Waals surface area contributed by atoms with E-state index in [4.69, 9.17) is 0 Å². The van der Waals surface area contributed by atoms with Crippen molar-refractivity contribution in [3.05, 3.63) is 29.8 Å². The highest BCUT2D eigenvalue weighted by atomic mass is 19.3. The van der Waals surface area contributed by atoms with Crippen LogP contribution in [0, 0.1) is 0 Å². The highest BCUT2D eigenvalue weighted by Gasteiger charge is 2.11. The van der Waals surface area contributed by atoms with E-state index >= 15 is 0 Å². The van der Waals surface area contributed by atoms with E-state index in [1.165, 1.54) is 19.2 Å². The van der Waals surface area contributed by atoms with Crippen LogP contribution < -0.4 is 10.1 Å². The van der Waals surface area contributed by atoms with Crippen molar-refractivity contribution < 1.29 is 23.0 Å². The summed E-state index contributed by atoms with van der Waals surface area (Å²) in [7, 11) is 1.42. The zero-order valence-electron chi connectivity index (χ0n) is 10.2. The summed E-state index contributed by atoms with van der Waals surface area (Å²) >= 11 is 0. The fourth-order valence-corrected chi connectivity index (χ4v) is 1.46. The standard InChI is InChI=1S/C12H15F2NO3/c1-8(15-11(16)7-17-2)9-4-3-5-10(6-9)18-12(13)14/h3-6,8,12H,7H2,1-2H3,(H,15,16). The Kier molecular flexibility index (Phi) is 5.51. The van der Waals surface area contributed by atoms with E-state index in [9.17, 15) is 13.6 Å². The predicted octanol–water partition coefficient (Wildman–Crippen LogP) is 2.11. The number of benzene rings is 1. The highest BCUT2D eigenvalue weighted by Crippen LogP contribution is 2.20. The molecule has 18 heavy (non-hydrogen) atoms. The second-order valence-corrected chi connectivity index (χ2v) is 3.67. The number of hydrogen-bond acceptors (Lipinski definition) is 3. The third kappa shape index (κ3) is 4.67. The van der Waals surface area contributed by atoms with Crippen molar-refractivity contribution in [3.63, 3.8) is 0 Å². The molecule has 0 radical (unpaired) electrons. The first-order valence-electron chi connectivity index (χ1n) is 5.36. The third-order valence-electron chi connectivity index (χ3n) is 2.24. The largest absolute Gasteiger partial charge is 0.435 e. The van der Waals surface area contributed by atoms with Gasteiger partial charge in [-0.25, -0.2) is 0 Å². The van der Waals surface area contributed by atoms with Crippen LogP contribution in [0.15, 0.2) is 24.3 Å². The zero-order chi connectivity index (χ0) is 13.5. The molecule has 1 N–H and O–H groups in total. The average Bonchev–Trinajstić information content (AvgIpc) is 2.28. The van der Waals surface area contributed by atoms with Gasteiger partial charge in [-0.15, -0.1) is 0 Å². The summed E-state index contributed by atoms with van der Waals surface area (Å²) in [5.41, 5.74) is 0.678. The first-order valence-corrected chi connectivity index (χ1v) is 5.36. The molecular weight excluding hydrogens is 244 g/mol. The Morgan fingerprint density at radius 3 is 2.78 bits per heavy atom. The van der Waals surface area contributed by atoms with E-state index in [-0.39, 0.29) is 24.3 Å². The Balaban J connectivity index is 2.67. The maximum atomic E-state index is 12.1. The molecule has 1 rings (SSSR count). The molecule has 1 aromatic carbocycles. The minimum Gasteiger partial charge on any atom is -0.435 e. The van der Waals surface area contributed by atoms with Crippen LogP contribution in [0.1, 0.15) is 18.5 Å². The van der Waals surface area contributed by atoms with Gasteiger partial charge in [-0.3, -0.25) is 4.79 Å². The summed E-state index contributed by atoms with van der Waals surface area (Å²) in [6, 6.07) is 5.89. The molecule has 0 aliphatic rings. The van der Waals surface area contributed by atoms with Crippen LogP contribution in [0.25, 0.3) is 0 Å². The van der Waals surface area contributed by atoms with Gasteiger partial charge in [-0.1, -0.05) is 12.1 Å². The number of alkyl halides is 2. The summed E-state index contributed by atoms with van der Waals surface area (Å²) in [6.07, 6.45) is 0. The normalized spacial score (nSPS) is 12.3. The molecule has 4 nitrogen and oxygen atoms in total. The topological polar surface area (TPSA) is 47.6 Å². The van der Waals surface area contributed by atoms with Crippen molar-refractivity contribution in [1.29, 1.82) is 0 Å². The van der Waals surface area contributed by atoms with Crippen molar-refractivity contribution in [2.45, 2.75) is 19.6 Å². The summed E-state index contributed by atoms with van der Waals surface area (Å²) in [4.78, 5) is 11.3. The molecule has 1 amide bonds. The first-order chi connectivity index (χ1) is 8.52. The first kappa shape index (κ1) is 14.4. The van der Waals surface area contributed by atoms with E-state index < -0.39 is 6.61 Å². The number of carbonyl (C=O) groups excluding carboxylic acids is 1. The minimum absolute atomic E-state index is 0.0441. The summed E-state index contributed by atoms with van der Waals surface area (Å²) < 4.78 is 33.1. The van der Waals surface area contributed by atoms with Crippen LogP contribution in [0.5, 0.6) is 5.75 Å². The molecule has 0 fully saturated rings. The number of hydrogen-bond donors (Lipinski definition) is 1. The summed E-state index contributed by atoms with van der Waals surface area (Å²) in [5.74, 6) is -0.208. The molecule has 1 atom stereocenters. The smallest absolute Gasteiger partial charge is 0.387 e. The molecule has 0 bridgehead atoms. The lowest BCUT2D eigenvalue weighted by atomic mass is 10.1. The lowest BCUT2D eigenvalue weighted by Gasteiger charge is -2.15. The van der Waals surface area contributed by atoms with Crippen molar-refractivity contribution in [3.8, 4) is 5.75 Å². The van der Waals surface area contributed by atoms with Gasteiger partial charge in [0.2, 0.25) is 5.91 Å². The van der Waals surface area contributed by atoms with E-state index in [2.05, 4.69) is 14.8 Å². The van der Waals surface area contributed by atoms with Gasteiger partial charge in [0.25, 0.3) is 0 Å². The maximum Gasteiger partial charge on any atom is 0.387 e. The van der Waals surface area contributed by atoms with Crippen molar-refractivity contribution in [2.24, 2.45) is 0 Å². The predicted molar refractivity (Wildman–Crippen MR) is 61.5 cm³/mol. The number of ether oxygens (including phenoxy) is 2. The van der Waals surface area contributed by atoms with Gasteiger partial charge in [0, 0.05) is 7.11 Å². The van der Waals surface area contributed by atoms with E-state index in [0.717, 1.165) is 0 Å².